The molecule has 0 N–H and O–H groups in total. The Kier molecular flexibility index (Phi) is 11.6. The molecule has 0 aromatic heterocycles. The van der Waals surface area contributed by atoms with E-state index >= 15 is 0 Å². The molecule has 2 fully saturated rings. The quantitative estimate of drug-likeness (QED) is 0.286. The van der Waals surface area contributed by atoms with Gasteiger partial charge in [-0.05, 0) is 49.1 Å². The molecule has 1 saturated heterocycles. The van der Waals surface area contributed by atoms with E-state index < -0.39 is 33.6 Å². The molecule has 174 valence electrons. The summed E-state index contributed by atoms with van der Waals surface area (Å²) in [6, 6.07) is 0. The summed E-state index contributed by atoms with van der Waals surface area (Å²) in [5, 5.41) is 4.85. The SMILES string of the molecule is CC(C)(C)[Si](C)(C)O[C@H]1CC([Si](C)(C)N2CC[N-]CC2)C2C=CC=CC21.[CH3-].[Cl][Ti][Cl]. The van der Waals surface area contributed by atoms with Gasteiger partial charge in [-0.1, -0.05) is 58.2 Å². The maximum absolute atomic E-state index is 6.98. The number of nitrogens with zero attached hydrogens (tertiary/aromatic N) is 2. The zero-order valence-electron chi connectivity index (χ0n) is 20.2. The third-order valence-electron chi connectivity index (χ3n) is 7.63. The van der Waals surface area contributed by atoms with Crippen LogP contribution in [0, 0.1) is 19.3 Å². The Bertz CT molecular complexity index is 590. The molecule has 0 aromatic carbocycles. The molecular formula is C22H42Cl2N2OSi2Ti-2. The van der Waals surface area contributed by atoms with E-state index in [1.165, 1.54) is 19.5 Å². The van der Waals surface area contributed by atoms with E-state index in [9.17, 15) is 0 Å². The average molecular weight is 526 g/mol. The number of allylic oxidation sites excluding steroid dienone is 3. The van der Waals surface area contributed by atoms with Crippen LogP contribution in [0.3, 0.4) is 0 Å². The van der Waals surface area contributed by atoms with Crippen molar-refractivity contribution in [2.75, 3.05) is 26.2 Å². The van der Waals surface area contributed by atoms with Crippen LogP contribution in [-0.2, 0) is 21.5 Å². The zero-order valence-corrected chi connectivity index (χ0v) is 25.3. The Labute approximate surface area is 205 Å². The van der Waals surface area contributed by atoms with E-state index in [0.29, 0.717) is 17.9 Å². The van der Waals surface area contributed by atoms with Crippen LogP contribution in [-0.4, -0.2) is 53.4 Å². The summed E-state index contributed by atoms with van der Waals surface area (Å²) in [4.78, 5) is 0. The van der Waals surface area contributed by atoms with Crippen LogP contribution in [0.4, 0.5) is 0 Å². The van der Waals surface area contributed by atoms with E-state index in [2.05, 4.69) is 81.1 Å². The van der Waals surface area contributed by atoms with E-state index in [4.69, 9.17) is 23.0 Å². The van der Waals surface area contributed by atoms with Crippen molar-refractivity contribution in [3.63, 3.8) is 0 Å². The van der Waals surface area contributed by atoms with Gasteiger partial charge in [-0.3, -0.25) is 0 Å². The molecule has 30 heavy (non-hydrogen) atoms. The van der Waals surface area contributed by atoms with Crippen LogP contribution in [0.5, 0.6) is 0 Å². The van der Waals surface area contributed by atoms with Gasteiger partial charge in [0.2, 0.25) is 0 Å². The van der Waals surface area contributed by atoms with Gasteiger partial charge in [0, 0.05) is 5.92 Å². The average Bonchev–Trinajstić information content (AvgIpc) is 3.01. The summed E-state index contributed by atoms with van der Waals surface area (Å²) in [5.41, 5.74) is 0.779. The van der Waals surface area contributed by atoms with E-state index in [0.717, 1.165) is 18.6 Å². The van der Waals surface area contributed by atoms with Gasteiger partial charge in [-0.15, -0.1) is 13.1 Å². The molecule has 0 aromatic rings. The van der Waals surface area contributed by atoms with Crippen molar-refractivity contribution < 1.29 is 21.5 Å². The second-order valence-corrected chi connectivity index (χ2v) is 22.6. The predicted octanol–water partition coefficient (Wildman–Crippen LogP) is 7.23. The number of hydrogen-bond acceptors (Lipinski definition) is 2. The molecule has 0 spiro atoms. The Morgan fingerprint density at radius 2 is 1.50 bits per heavy atom. The number of piperazine rings is 1. The topological polar surface area (TPSA) is 26.6 Å². The van der Waals surface area contributed by atoms with Crippen LogP contribution in [0.25, 0.3) is 5.32 Å². The first-order chi connectivity index (χ1) is 13.5. The number of fused-ring (bicyclic) bond motifs is 1. The second-order valence-electron chi connectivity index (χ2n) is 10.6. The van der Waals surface area contributed by atoms with Gasteiger partial charge in [0.15, 0.2) is 8.32 Å². The molecule has 1 saturated carbocycles. The number of rotatable bonds is 4. The molecule has 0 radical (unpaired) electrons. The summed E-state index contributed by atoms with van der Waals surface area (Å²) in [5.74, 6) is 1.23. The fourth-order valence-electron chi connectivity index (χ4n) is 4.84. The Morgan fingerprint density at radius 3 is 2.00 bits per heavy atom. The third-order valence-corrected chi connectivity index (χ3v) is 16.7. The minimum absolute atomic E-state index is 0. The molecule has 3 aliphatic rings. The van der Waals surface area contributed by atoms with Crippen LogP contribution in [0.15, 0.2) is 24.3 Å². The zero-order chi connectivity index (χ0) is 21.9. The van der Waals surface area contributed by atoms with Crippen molar-refractivity contribution in [2.45, 2.75) is 70.1 Å². The predicted molar refractivity (Wildman–Crippen MR) is 136 cm³/mol. The van der Waals surface area contributed by atoms with Gasteiger partial charge in [-0.25, -0.2) is 0 Å². The normalized spacial score (nSPS) is 29.5. The first-order valence-corrected chi connectivity index (χ1v) is 21.1. The molecule has 3 nitrogen and oxygen atoms in total. The fourth-order valence-corrected chi connectivity index (χ4v) is 10.1. The summed E-state index contributed by atoms with van der Waals surface area (Å²) < 4.78 is 9.81. The van der Waals surface area contributed by atoms with E-state index in [-0.39, 0.29) is 12.5 Å². The van der Waals surface area contributed by atoms with Crippen molar-refractivity contribution in [2.24, 2.45) is 11.8 Å². The molecule has 8 heteroatoms. The van der Waals surface area contributed by atoms with Crippen molar-refractivity contribution in [3.05, 3.63) is 37.0 Å². The molecular weight excluding hydrogens is 483 g/mol. The monoisotopic (exact) mass is 524 g/mol. The first kappa shape index (κ1) is 29.1. The number of halogens is 2. The first-order valence-electron chi connectivity index (χ1n) is 10.8. The maximum atomic E-state index is 6.98. The standard InChI is InChI=1S/C21H39N2OSi2.CH3.2ClH.Ti/c1-21(2,3)26(6,7)24-19-16-20(18-11-9-8-10-17(18)19)25(4,5)23-14-12-22-13-15-23;;;;/h8-11,17-20H,12-16H2,1-7H3;1H3;2*1H;/q2*-1;;;+2/p-2/t17?,18?,19-,20?;;;;/m0..../s1. The molecule has 4 atom stereocenters. The number of hydrogen-bond donors (Lipinski definition) is 0. The summed E-state index contributed by atoms with van der Waals surface area (Å²) >= 11 is -0.556. The molecule has 1 aliphatic heterocycles. The van der Waals surface area contributed by atoms with Crippen LogP contribution in [0.2, 0.25) is 36.8 Å². The Balaban J connectivity index is 0.00000106. The molecule has 0 amide bonds. The molecule has 1 heterocycles. The van der Waals surface area contributed by atoms with Gasteiger partial charge in [0.25, 0.3) is 0 Å². The molecule has 0 bridgehead atoms. The van der Waals surface area contributed by atoms with Crippen LogP contribution in [0.1, 0.15) is 27.2 Å². The van der Waals surface area contributed by atoms with Crippen molar-refractivity contribution in [3.8, 4) is 0 Å². The summed E-state index contributed by atoms with van der Waals surface area (Å²) in [7, 11) is 6.52. The van der Waals surface area contributed by atoms with Crippen LogP contribution < -0.4 is 0 Å². The Morgan fingerprint density at radius 1 is 1.00 bits per heavy atom. The van der Waals surface area contributed by atoms with Gasteiger partial charge >= 0.3 is 35.6 Å². The van der Waals surface area contributed by atoms with Gasteiger partial charge < -0.3 is 21.7 Å². The second kappa shape index (κ2) is 12.0. The van der Waals surface area contributed by atoms with E-state index in [1.807, 2.05) is 0 Å². The molecule has 2 aliphatic carbocycles. The van der Waals surface area contributed by atoms with Gasteiger partial charge in [0.1, 0.15) is 8.24 Å². The van der Waals surface area contributed by atoms with E-state index in [1.54, 1.807) is 0 Å². The third kappa shape index (κ3) is 6.80. The van der Waals surface area contributed by atoms with Crippen molar-refractivity contribution >= 4 is 35.2 Å². The van der Waals surface area contributed by atoms with Crippen LogP contribution >= 0.6 is 18.6 Å². The Hall–Kier alpha value is 1.09. The van der Waals surface area contributed by atoms with Crippen molar-refractivity contribution in [1.29, 1.82) is 0 Å². The molecule has 3 rings (SSSR count). The molecule has 3 unspecified atom stereocenters. The van der Waals surface area contributed by atoms with Gasteiger partial charge in [-0.2, -0.15) is 0 Å². The summed E-state index contributed by atoms with van der Waals surface area (Å²) in [6.07, 6.45) is 11.1. The minimum atomic E-state index is -1.75. The fraction of sp³-hybridized carbons (Fsp3) is 0.773. The van der Waals surface area contributed by atoms with Gasteiger partial charge in [0.05, 0.1) is 6.10 Å². The summed E-state index contributed by atoms with van der Waals surface area (Å²) in [6.45, 7) is 21.5. The van der Waals surface area contributed by atoms with Crippen molar-refractivity contribution in [1.82, 2.24) is 4.57 Å².